The molecule has 3 rings (SSSR count). The molecule has 1 amide bonds. The lowest BCUT2D eigenvalue weighted by atomic mass is 9.95. The summed E-state index contributed by atoms with van der Waals surface area (Å²) in [5, 5.41) is 4.73. The zero-order valence-corrected chi connectivity index (χ0v) is 14.8. The molecular formula is C17H20N2O3S2. The summed E-state index contributed by atoms with van der Waals surface area (Å²) in [4.78, 5) is 12.6. The Morgan fingerprint density at radius 2 is 1.79 bits per heavy atom. The smallest absolute Gasteiger partial charge is 0.271 e. The third-order valence-corrected chi connectivity index (χ3v) is 6.88. The Hall–Kier alpha value is -1.86. The molecule has 0 radical (unpaired) electrons. The average molecular weight is 364 g/mol. The van der Waals surface area contributed by atoms with Crippen LogP contribution in [0, 0.1) is 0 Å². The Kier molecular flexibility index (Phi) is 5.20. The largest absolute Gasteiger partial charge is 0.349 e. The lowest BCUT2D eigenvalue weighted by molar-refractivity contribution is 0.0928. The minimum Gasteiger partial charge on any atom is -0.349 e. The molecule has 0 unspecified atom stereocenters. The summed E-state index contributed by atoms with van der Waals surface area (Å²) in [7, 11) is -3.67. The van der Waals surface area contributed by atoms with Crippen molar-refractivity contribution in [2.24, 2.45) is 0 Å². The summed E-state index contributed by atoms with van der Waals surface area (Å²) in [6.07, 6.45) is 5.42. The summed E-state index contributed by atoms with van der Waals surface area (Å²) in [5.41, 5.74) is 0.655. The van der Waals surface area contributed by atoms with Crippen LogP contribution in [0.4, 0.5) is 5.69 Å². The predicted molar refractivity (Wildman–Crippen MR) is 95.9 cm³/mol. The van der Waals surface area contributed by atoms with Crippen molar-refractivity contribution in [1.29, 1.82) is 0 Å². The molecule has 5 nitrogen and oxygen atoms in total. The van der Waals surface area contributed by atoms with Crippen LogP contribution < -0.4 is 10.0 Å². The molecule has 1 aromatic heterocycles. The molecule has 2 aromatic rings. The van der Waals surface area contributed by atoms with E-state index in [4.69, 9.17) is 0 Å². The first-order valence-electron chi connectivity index (χ1n) is 8.02. The number of hydrogen-bond acceptors (Lipinski definition) is 4. The monoisotopic (exact) mass is 364 g/mol. The quantitative estimate of drug-likeness (QED) is 0.851. The fraction of sp³-hybridized carbons (Fsp3) is 0.353. The normalized spacial score (nSPS) is 15.8. The highest BCUT2D eigenvalue weighted by atomic mass is 32.2. The van der Waals surface area contributed by atoms with Crippen molar-refractivity contribution in [3.05, 3.63) is 47.3 Å². The van der Waals surface area contributed by atoms with Gasteiger partial charge < -0.3 is 5.32 Å². The van der Waals surface area contributed by atoms with Crippen LogP contribution in [0.15, 0.2) is 46.0 Å². The molecule has 2 N–H and O–H groups in total. The number of anilines is 1. The SMILES string of the molecule is O=C(NC1CCCCC1)c1ccccc1NS(=O)(=O)c1cccs1. The van der Waals surface area contributed by atoms with Gasteiger partial charge in [-0.25, -0.2) is 8.42 Å². The van der Waals surface area contributed by atoms with Gasteiger partial charge in [-0.15, -0.1) is 11.3 Å². The molecule has 24 heavy (non-hydrogen) atoms. The number of thiophene rings is 1. The van der Waals surface area contributed by atoms with Gasteiger partial charge in [-0.3, -0.25) is 9.52 Å². The molecule has 1 fully saturated rings. The molecular weight excluding hydrogens is 344 g/mol. The Labute approximate surface area is 146 Å². The Balaban J connectivity index is 1.79. The van der Waals surface area contributed by atoms with Crippen LogP contribution in [0.25, 0.3) is 0 Å². The van der Waals surface area contributed by atoms with Gasteiger partial charge in [-0.2, -0.15) is 0 Å². The summed E-state index contributed by atoms with van der Waals surface area (Å²) < 4.78 is 27.5. The minimum atomic E-state index is -3.67. The Bertz CT molecular complexity index is 795. The number of hydrogen-bond donors (Lipinski definition) is 2. The fourth-order valence-corrected chi connectivity index (χ4v) is 4.96. The first-order valence-corrected chi connectivity index (χ1v) is 10.4. The number of para-hydroxylation sites is 1. The van der Waals surface area contributed by atoms with Crippen molar-refractivity contribution in [2.45, 2.75) is 42.4 Å². The van der Waals surface area contributed by atoms with Gasteiger partial charge in [0, 0.05) is 6.04 Å². The van der Waals surface area contributed by atoms with Crippen LogP contribution in [0.5, 0.6) is 0 Å². The van der Waals surface area contributed by atoms with Gasteiger partial charge >= 0.3 is 0 Å². The summed E-state index contributed by atoms with van der Waals surface area (Å²) in [5.74, 6) is -0.230. The fourth-order valence-electron chi connectivity index (χ4n) is 2.89. The highest BCUT2D eigenvalue weighted by Gasteiger charge is 2.21. The van der Waals surface area contributed by atoms with Gasteiger partial charge in [-0.05, 0) is 36.4 Å². The molecule has 1 saturated carbocycles. The minimum absolute atomic E-state index is 0.174. The van der Waals surface area contributed by atoms with Gasteiger partial charge in [0.25, 0.3) is 15.9 Å². The molecule has 1 aliphatic carbocycles. The molecule has 0 atom stereocenters. The molecule has 0 aliphatic heterocycles. The Morgan fingerprint density at radius 3 is 2.50 bits per heavy atom. The average Bonchev–Trinajstić information content (AvgIpc) is 3.11. The molecule has 0 spiro atoms. The second-order valence-electron chi connectivity index (χ2n) is 5.89. The van der Waals surface area contributed by atoms with Crippen molar-refractivity contribution in [3.63, 3.8) is 0 Å². The number of amides is 1. The topological polar surface area (TPSA) is 75.3 Å². The van der Waals surface area contributed by atoms with Crippen molar-refractivity contribution < 1.29 is 13.2 Å². The van der Waals surface area contributed by atoms with E-state index in [0.717, 1.165) is 37.0 Å². The maximum Gasteiger partial charge on any atom is 0.271 e. The van der Waals surface area contributed by atoms with Crippen LogP contribution in [0.3, 0.4) is 0 Å². The first kappa shape index (κ1) is 17.0. The van der Waals surface area contributed by atoms with Crippen molar-refractivity contribution in [2.75, 3.05) is 4.72 Å². The van der Waals surface area contributed by atoms with Gasteiger partial charge in [0.15, 0.2) is 0 Å². The van der Waals surface area contributed by atoms with E-state index in [1.54, 1.807) is 35.7 Å². The van der Waals surface area contributed by atoms with Crippen molar-refractivity contribution >= 4 is 33.0 Å². The number of carbonyl (C=O) groups excluding carboxylic acids is 1. The number of sulfonamides is 1. The highest BCUT2D eigenvalue weighted by molar-refractivity contribution is 7.94. The lowest BCUT2D eigenvalue weighted by Gasteiger charge is -2.23. The summed E-state index contributed by atoms with van der Waals surface area (Å²) in [6.45, 7) is 0. The van der Waals surface area contributed by atoms with Crippen LogP contribution in [-0.4, -0.2) is 20.4 Å². The second-order valence-corrected chi connectivity index (χ2v) is 8.75. The number of carbonyl (C=O) groups is 1. The summed E-state index contributed by atoms with van der Waals surface area (Å²) in [6, 6.07) is 10.1. The van der Waals surface area contributed by atoms with Crippen molar-refractivity contribution in [1.82, 2.24) is 5.32 Å². The van der Waals surface area contributed by atoms with Gasteiger partial charge in [0.1, 0.15) is 4.21 Å². The number of rotatable bonds is 5. The zero-order valence-electron chi connectivity index (χ0n) is 13.2. The highest BCUT2D eigenvalue weighted by Crippen LogP contribution is 2.24. The van der Waals surface area contributed by atoms with E-state index in [0.29, 0.717) is 11.3 Å². The zero-order chi connectivity index (χ0) is 17.0. The van der Waals surface area contributed by atoms with Crippen molar-refractivity contribution in [3.8, 4) is 0 Å². The van der Waals surface area contributed by atoms with E-state index >= 15 is 0 Å². The van der Waals surface area contributed by atoms with Gasteiger partial charge in [0.2, 0.25) is 0 Å². The van der Waals surface area contributed by atoms with Crippen LogP contribution in [-0.2, 0) is 10.0 Å². The molecule has 1 aliphatic rings. The molecule has 7 heteroatoms. The molecule has 128 valence electrons. The first-order chi connectivity index (χ1) is 11.6. The third kappa shape index (κ3) is 3.96. The maximum absolute atomic E-state index is 12.6. The molecule has 0 saturated heterocycles. The van der Waals surface area contributed by atoms with Crippen LogP contribution in [0.1, 0.15) is 42.5 Å². The Morgan fingerprint density at radius 1 is 1.04 bits per heavy atom. The maximum atomic E-state index is 12.6. The van der Waals surface area contributed by atoms with Gasteiger partial charge in [0.05, 0.1) is 11.3 Å². The predicted octanol–water partition coefficient (Wildman–Crippen LogP) is 3.61. The number of benzene rings is 1. The van der Waals surface area contributed by atoms with E-state index in [1.165, 1.54) is 12.5 Å². The molecule has 0 bridgehead atoms. The molecule has 1 heterocycles. The van der Waals surface area contributed by atoms with Gasteiger partial charge in [-0.1, -0.05) is 37.5 Å². The standard InChI is InChI=1S/C17H20N2O3S2/c20-17(18-13-7-2-1-3-8-13)14-9-4-5-10-15(14)19-24(21,22)16-11-6-12-23-16/h4-6,9-13,19H,1-3,7-8H2,(H,18,20). The second kappa shape index (κ2) is 7.36. The third-order valence-electron chi connectivity index (χ3n) is 4.12. The lowest BCUT2D eigenvalue weighted by Crippen LogP contribution is -2.36. The summed E-state index contributed by atoms with van der Waals surface area (Å²) >= 11 is 1.14. The van der Waals surface area contributed by atoms with E-state index in [1.807, 2.05) is 0 Å². The number of nitrogens with one attached hydrogen (secondary N) is 2. The van der Waals surface area contributed by atoms with E-state index < -0.39 is 10.0 Å². The molecule has 1 aromatic carbocycles. The van der Waals surface area contributed by atoms with E-state index in [9.17, 15) is 13.2 Å². The van der Waals surface area contributed by atoms with Crippen LogP contribution in [0.2, 0.25) is 0 Å². The van der Waals surface area contributed by atoms with E-state index in [-0.39, 0.29) is 16.2 Å². The van der Waals surface area contributed by atoms with E-state index in [2.05, 4.69) is 10.0 Å². The van der Waals surface area contributed by atoms with Crippen LogP contribution >= 0.6 is 11.3 Å².